The molecular weight excluding hydrogens is 504 g/mol. The van der Waals surface area contributed by atoms with E-state index in [0.29, 0.717) is 12.1 Å². The van der Waals surface area contributed by atoms with Crippen molar-refractivity contribution in [1.82, 2.24) is 5.32 Å². The molecule has 0 aliphatic carbocycles. The largest absolute Gasteiger partial charge is 0.465 e. The molecule has 0 spiro atoms. The molecule has 1 saturated heterocycles. The van der Waals surface area contributed by atoms with Gasteiger partial charge >= 0.3 is 12.0 Å². The Kier molecular flexibility index (Phi) is 10.2. The number of rotatable bonds is 10. The fourth-order valence-electron chi connectivity index (χ4n) is 3.99. The number of thioether (sulfide) groups is 1. The Hall–Kier alpha value is -3.37. The first-order chi connectivity index (χ1) is 18.5. The van der Waals surface area contributed by atoms with Crippen LogP contribution in [0.15, 0.2) is 83.8 Å². The van der Waals surface area contributed by atoms with Gasteiger partial charge in [0.05, 0.1) is 25.4 Å². The molecule has 3 atom stereocenters. The van der Waals surface area contributed by atoms with Crippen molar-refractivity contribution in [3.63, 3.8) is 0 Å². The molecule has 1 fully saturated rings. The van der Waals surface area contributed by atoms with Crippen LogP contribution in [0.25, 0.3) is 0 Å². The van der Waals surface area contributed by atoms with Gasteiger partial charge in [0.2, 0.25) is 0 Å². The van der Waals surface area contributed by atoms with E-state index in [4.69, 9.17) is 14.2 Å². The van der Waals surface area contributed by atoms with E-state index >= 15 is 0 Å². The summed E-state index contributed by atoms with van der Waals surface area (Å²) >= 11 is 1.75. The van der Waals surface area contributed by atoms with Gasteiger partial charge in [0.15, 0.2) is 6.29 Å². The van der Waals surface area contributed by atoms with Crippen molar-refractivity contribution < 1.29 is 28.9 Å². The van der Waals surface area contributed by atoms with Crippen molar-refractivity contribution in [1.29, 1.82) is 0 Å². The molecule has 200 valence electrons. The zero-order chi connectivity index (χ0) is 26.7. The van der Waals surface area contributed by atoms with Gasteiger partial charge in [-0.1, -0.05) is 54.6 Å². The monoisotopic (exact) mass is 536 g/mol. The molecule has 2 amide bonds. The smallest absolute Gasteiger partial charge is 0.325 e. The molecule has 0 saturated carbocycles. The van der Waals surface area contributed by atoms with Crippen LogP contribution in [0.5, 0.6) is 0 Å². The minimum Gasteiger partial charge on any atom is -0.465 e. The minimum absolute atomic E-state index is 0.00485. The number of carbonyl (C=O) groups is 2. The van der Waals surface area contributed by atoms with Crippen LogP contribution in [0.1, 0.15) is 42.4 Å². The summed E-state index contributed by atoms with van der Waals surface area (Å²) in [6.45, 7) is 1.76. The van der Waals surface area contributed by atoms with E-state index in [2.05, 4.69) is 22.8 Å². The summed E-state index contributed by atoms with van der Waals surface area (Å²) in [6, 6.07) is 24.7. The highest BCUT2D eigenvalue weighted by molar-refractivity contribution is 7.99. The van der Waals surface area contributed by atoms with Crippen molar-refractivity contribution in [3.8, 4) is 0 Å². The molecule has 3 aromatic carbocycles. The number of esters is 1. The number of nitrogens with one attached hydrogen (secondary N) is 2. The van der Waals surface area contributed by atoms with Crippen molar-refractivity contribution in [2.24, 2.45) is 0 Å². The van der Waals surface area contributed by atoms with Gasteiger partial charge in [-0.2, -0.15) is 0 Å². The summed E-state index contributed by atoms with van der Waals surface area (Å²) in [6.07, 6.45) is -0.101. The Morgan fingerprint density at radius 3 is 2.37 bits per heavy atom. The second kappa shape index (κ2) is 14.0. The molecule has 1 heterocycles. The number of benzene rings is 3. The highest BCUT2D eigenvalue weighted by Gasteiger charge is 2.32. The maximum absolute atomic E-state index is 12.1. The normalized spacial score (nSPS) is 18.9. The third-order valence-electron chi connectivity index (χ3n) is 5.93. The summed E-state index contributed by atoms with van der Waals surface area (Å²) in [5, 5.41) is 14.6. The van der Waals surface area contributed by atoms with E-state index in [9.17, 15) is 14.7 Å². The van der Waals surface area contributed by atoms with Gasteiger partial charge in [0.1, 0.15) is 6.54 Å². The second-order valence-electron chi connectivity index (χ2n) is 8.71. The molecule has 4 rings (SSSR count). The third kappa shape index (κ3) is 8.06. The van der Waals surface area contributed by atoms with Crippen LogP contribution in [-0.2, 0) is 25.6 Å². The Balaban J connectivity index is 1.42. The van der Waals surface area contributed by atoms with E-state index in [0.717, 1.165) is 22.4 Å². The Morgan fingerprint density at radius 1 is 0.974 bits per heavy atom. The van der Waals surface area contributed by atoms with Gasteiger partial charge in [-0.15, -0.1) is 11.8 Å². The summed E-state index contributed by atoms with van der Waals surface area (Å²) in [4.78, 5) is 24.7. The van der Waals surface area contributed by atoms with Crippen LogP contribution in [0.3, 0.4) is 0 Å². The number of hydrogen-bond acceptors (Lipinski definition) is 7. The molecule has 3 aromatic rings. The van der Waals surface area contributed by atoms with E-state index in [-0.39, 0.29) is 32.0 Å². The lowest BCUT2D eigenvalue weighted by Gasteiger charge is -2.36. The molecule has 0 bridgehead atoms. The fourth-order valence-corrected chi connectivity index (χ4v) is 4.93. The van der Waals surface area contributed by atoms with Gasteiger partial charge in [-0.3, -0.25) is 4.79 Å². The van der Waals surface area contributed by atoms with Gasteiger partial charge in [0.25, 0.3) is 0 Å². The first-order valence-electron chi connectivity index (χ1n) is 12.5. The molecule has 1 aliphatic heterocycles. The summed E-state index contributed by atoms with van der Waals surface area (Å²) in [5.41, 5.74) is 3.27. The fraction of sp³-hybridized carbons (Fsp3) is 0.310. The third-order valence-corrected chi connectivity index (χ3v) is 7.08. The molecule has 0 radical (unpaired) electrons. The first kappa shape index (κ1) is 27.7. The molecule has 1 aliphatic rings. The van der Waals surface area contributed by atoms with E-state index < -0.39 is 18.3 Å². The Morgan fingerprint density at radius 2 is 1.68 bits per heavy atom. The number of hydrogen-bond donors (Lipinski definition) is 3. The minimum atomic E-state index is -0.584. The molecule has 0 unspecified atom stereocenters. The number of carbonyl (C=O) groups excluding carboxylic acids is 2. The van der Waals surface area contributed by atoms with Crippen LogP contribution in [-0.4, -0.2) is 42.1 Å². The second-order valence-corrected chi connectivity index (χ2v) is 9.80. The van der Waals surface area contributed by atoms with Crippen LogP contribution in [0, 0.1) is 0 Å². The number of urea groups is 1. The molecule has 9 heteroatoms. The highest BCUT2D eigenvalue weighted by atomic mass is 32.2. The summed E-state index contributed by atoms with van der Waals surface area (Å²) in [7, 11) is 0. The molecule has 38 heavy (non-hydrogen) atoms. The lowest BCUT2D eigenvalue weighted by atomic mass is 10.0. The Bertz CT molecular complexity index is 1170. The van der Waals surface area contributed by atoms with Crippen molar-refractivity contribution in [2.45, 2.75) is 43.3 Å². The lowest BCUT2D eigenvalue weighted by Crippen LogP contribution is -2.34. The van der Waals surface area contributed by atoms with E-state index in [1.165, 1.54) is 4.90 Å². The quantitative estimate of drug-likeness (QED) is 0.242. The van der Waals surface area contributed by atoms with Crippen LogP contribution >= 0.6 is 11.8 Å². The number of aliphatic hydroxyl groups excluding tert-OH is 1. The van der Waals surface area contributed by atoms with Crippen LogP contribution < -0.4 is 10.6 Å². The van der Waals surface area contributed by atoms with Crippen LogP contribution in [0.2, 0.25) is 0 Å². The molecule has 0 aromatic heterocycles. The van der Waals surface area contributed by atoms with Gasteiger partial charge in [-0.25, -0.2) is 4.79 Å². The predicted octanol–water partition coefficient (Wildman–Crippen LogP) is 5.20. The van der Waals surface area contributed by atoms with E-state index in [1.54, 1.807) is 30.8 Å². The van der Waals surface area contributed by atoms with Gasteiger partial charge in [0, 0.05) is 28.3 Å². The predicted molar refractivity (Wildman–Crippen MR) is 146 cm³/mol. The van der Waals surface area contributed by atoms with Gasteiger partial charge in [-0.05, 0) is 42.3 Å². The maximum atomic E-state index is 12.1. The molecular formula is C29H32N2O6S. The number of amides is 2. The lowest BCUT2D eigenvalue weighted by molar-refractivity contribution is -0.245. The number of ether oxygens (including phenoxy) is 3. The molecule has 3 N–H and O–H groups in total. The standard InChI is InChI=1S/C29H32N2O6S/c1-2-35-27(33)17-30-29(34)31-23-14-12-22(13-15-23)28-36-24(19-38-25-6-4-3-5-7-25)16-26(37-28)21-10-8-20(18-32)9-11-21/h3-15,24,26,28,32H,2,16-19H2,1H3,(H2,30,31,34)/t24-,26+,28+/m1/s1. The van der Waals surface area contributed by atoms with Crippen LogP contribution in [0.4, 0.5) is 10.5 Å². The van der Waals surface area contributed by atoms with Crippen molar-refractivity contribution >= 4 is 29.4 Å². The highest BCUT2D eigenvalue weighted by Crippen LogP contribution is 2.39. The summed E-state index contributed by atoms with van der Waals surface area (Å²) in [5.74, 6) is 0.278. The van der Waals surface area contributed by atoms with Crippen molar-refractivity contribution in [2.75, 3.05) is 24.2 Å². The van der Waals surface area contributed by atoms with E-state index in [1.807, 2.05) is 54.6 Å². The van der Waals surface area contributed by atoms with Gasteiger partial charge < -0.3 is 30.0 Å². The maximum Gasteiger partial charge on any atom is 0.325 e. The average Bonchev–Trinajstić information content (AvgIpc) is 2.96. The first-order valence-corrected chi connectivity index (χ1v) is 13.5. The van der Waals surface area contributed by atoms with Crippen molar-refractivity contribution in [3.05, 3.63) is 95.6 Å². The number of anilines is 1. The topological polar surface area (TPSA) is 106 Å². The summed E-state index contributed by atoms with van der Waals surface area (Å²) < 4.78 is 17.6. The Labute approximate surface area is 226 Å². The molecule has 8 nitrogen and oxygen atoms in total. The zero-order valence-electron chi connectivity index (χ0n) is 21.2. The number of aliphatic hydroxyl groups is 1. The zero-order valence-corrected chi connectivity index (χ0v) is 22.0. The average molecular weight is 537 g/mol. The SMILES string of the molecule is CCOC(=O)CNC(=O)Nc1ccc([C@H]2O[C@@H](CSc3ccccc3)C[C@@H](c3ccc(CO)cc3)O2)cc1.